The molecule has 1 atom stereocenters. The maximum absolute atomic E-state index is 10.3. The molecule has 1 N–H and O–H groups in total. The van der Waals surface area contributed by atoms with E-state index in [1.54, 1.807) is 17.5 Å². The smallest absolute Gasteiger partial charge is 0.0922 e. The minimum atomic E-state index is -0.406. The summed E-state index contributed by atoms with van der Waals surface area (Å²) >= 11 is 5.17. The molecule has 2 heterocycles. The molecule has 2 nitrogen and oxygen atoms in total. The van der Waals surface area contributed by atoms with E-state index in [9.17, 15) is 5.11 Å². The van der Waals surface area contributed by atoms with Crippen LogP contribution < -0.4 is 0 Å². The lowest BCUT2D eigenvalue weighted by Crippen LogP contribution is -2.00. The number of pyridine rings is 1. The monoisotopic (exact) mass is 323 g/mol. The third kappa shape index (κ3) is 2.51. The third-order valence-corrected chi connectivity index (χ3v) is 5.06. The zero-order valence-corrected chi connectivity index (χ0v) is 12.3. The van der Waals surface area contributed by atoms with Crippen molar-refractivity contribution in [1.29, 1.82) is 0 Å². The number of aliphatic hydroxyl groups is 1. The molecule has 0 aromatic carbocycles. The molecular weight excluding hydrogens is 310 g/mol. The van der Waals surface area contributed by atoms with Crippen LogP contribution >= 0.6 is 27.3 Å². The number of fused-ring (bicyclic) bond motifs is 1. The number of hydrogen-bond acceptors (Lipinski definition) is 3. The van der Waals surface area contributed by atoms with Crippen LogP contribution in [0.25, 0.3) is 0 Å². The Labute approximate surface area is 119 Å². The third-order valence-electron chi connectivity index (χ3n) is 3.28. The minimum absolute atomic E-state index is 0.406. The van der Waals surface area contributed by atoms with Gasteiger partial charge in [-0.3, -0.25) is 4.98 Å². The van der Waals surface area contributed by atoms with E-state index in [1.165, 1.54) is 29.7 Å². The molecule has 0 fully saturated rings. The van der Waals surface area contributed by atoms with Crippen molar-refractivity contribution in [3.8, 4) is 0 Å². The lowest BCUT2D eigenvalue weighted by molar-refractivity contribution is 0.182. The number of aliphatic hydroxyl groups excluding tert-OH is 1. The lowest BCUT2D eigenvalue weighted by atomic mass is 10.1. The molecule has 0 aliphatic heterocycles. The van der Waals surface area contributed by atoms with E-state index in [1.807, 2.05) is 12.3 Å². The fourth-order valence-corrected chi connectivity index (χ4v) is 4.06. The molecule has 18 heavy (non-hydrogen) atoms. The number of hydrogen-bond donors (Lipinski definition) is 1. The second-order valence-corrected chi connectivity index (χ2v) is 6.77. The Kier molecular flexibility index (Phi) is 3.50. The summed E-state index contributed by atoms with van der Waals surface area (Å²) in [5, 5.41) is 10.3. The second-order valence-electron chi connectivity index (χ2n) is 4.68. The van der Waals surface area contributed by atoms with E-state index in [0.717, 1.165) is 14.9 Å². The van der Waals surface area contributed by atoms with Crippen molar-refractivity contribution >= 4 is 27.3 Å². The molecule has 0 saturated carbocycles. The van der Waals surface area contributed by atoms with Crippen molar-refractivity contribution < 1.29 is 5.11 Å². The zero-order chi connectivity index (χ0) is 12.5. The minimum Gasteiger partial charge on any atom is -0.387 e. The van der Waals surface area contributed by atoms with Gasteiger partial charge in [0.05, 0.1) is 6.10 Å². The van der Waals surface area contributed by atoms with Crippen LogP contribution in [-0.4, -0.2) is 10.1 Å². The van der Waals surface area contributed by atoms with Crippen LogP contribution in [0.15, 0.2) is 29.0 Å². The van der Waals surface area contributed by atoms with Gasteiger partial charge in [-0.2, -0.15) is 0 Å². The predicted octanol–water partition coefficient (Wildman–Crippen LogP) is 3.67. The molecule has 1 unspecified atom stereocenters. The first-order valence-corrected chi connectivity index (χ1v) is 7.72. The fourth-order valence-electron chi connectivity index (χ4n) is 2.41. The van der Waals surface area contributed by atoms with Gasteiger partial charge in [0.1, 0.15) is 0 Å². The second kappa shape index (κ2) is 5.11. The molecule has 0 radical (unpaired) electrons. The van der Waals surface area contributed by atoms with E-state index in [4.69, 9.17) is 0 Å². The number of aryl methyl sites for hydroxylation is 2. The lowest BCUT2D eigenvalue weighted by Gasteiger charge is -2.08. The Morgan fingerprint density at radius 3 is 3.00 bits per heavy atom. The van der Waals surface area contributed by atoms with Crippen molar-refractivity contribution in [2.45, 2.75) is 31.8 Å². The van der Waals surface area contributed by atoms with Gasteiger partial charge in [-0.05, 0) is 58.5 Å². The van der Waals surface area contributed by atoms with Gasteiger partial charge in [-0.15, -0.1) is 11.3 Å². The van der Waals surface area contributed by atoms with E-state index < -0.39 is 6.10 Å². The van der Waals surface area contributed by atoms with Crippen LogP contribution in [0.5, 0.6) is 0 Å². The van der Waals surface area contributed by atoms with E-state index in [-0.39, 0.29) is 0 Å². The molecule has 0 saturated heterocycles. The summed E-state index contributed by atoms with van der Waals surface area (Å²) in [5.41, 5.74) is 2.51. The average molecular weight is 324 g/mol. The quantitative estimate of drug-likeness (QED) is 0.934. The predicted molar refractivity (Wildman–Crippen MR) is 76.9 cm³/mol. The number of thiophene rings is 1. The summed E-state index contributed by atoms with van der Waals surface area (Å²) < 4.78 is 0.959. The van der Waals surface area contributed by atoms with Gasteiger partial charge in [-0.25, -0.2) is 0 Å². The fraction of sp³-hybridized carbons (Fsp3) is 0.357. The summed E-state index contributed by atoms with van der Waals surface area (Å²) in [6.45, 7) is 0. The van der Waals surface area contributed by atoms with Crippen molar-refractivity contribution in [3.63, 3.8) is 0 Å². The zero-order valence-electron chi connectivity index (χ0n) is 9.90. The van der Waals surface area contributed by atoms with E-state index in [0.29, 0.717) is 6.42 Å². The van der Waals surface area contributed by atoms with Crippen LogP contribution in [0.1, 0.15) is 33.4 Å². The average Bonchev–Trinajstić information content (AvgIpc) is 2.88. The molecule has 0 amide bonds. The summed E-state index contributed by atoms with van der Waals surface area (Å²) in [7, 11) is 0. The maximum atomic E-state index is 10.3. The Morgan fingerprint density at radius 1 is 1.33 bits per heavy atom. The first kappa shape index (κ1) is 12.3. The Hall–Kier alpha value is -0.710. The summed E-state index contributed by atoms with van der Waals surface area (Å²) in [6, 6.07) is 4.20. The molecule has 2 aromatic rings. The van der Waals surface area contributed by atoms with E-state index >= 15 is 0 Å². The van der Waals surface area contributed by atoms with Gasteiger partial charge in [0.25, 0.3) is 0 Å². The molecule has 3 rings (SSSR count). The highest BCUT2D eigenvalue weighted by atomic mass is 79.9. The molecular formula is C14H14BrNOS. The Balaban J connectivity index is 1.76. The van der Waals surface area contributed by atoms with Crippen LogP contribution in [0.2, 0.25) is 0 Å². The van der Waals surface area contributed by atoms with Crippen LogP contribution in [-0.2, 0) is 19.3 Å². The number of rotatable bonds is 3. The summed E-state index contributed by atoms with van der Waals surface area (Å²) in [4.78, 5) is 6.69. The highest BCUT2D eigenvalue weighted by Crippen LogP contribution is 2.34. The van der Waals surface area contributed by atoms with Crippen molar-refractivity contribution in [1.82, 2.24) is 4.98 Å². The van der Waals surface area contributed by atoms with Gasteiger partial charge in [0.2, 0.25) is 0 Å². The van der Waals surface area contributed by atoms with Gasteiger partial charge < -0.3 is 5.11 Å². The molecule has 0 bridgehead atoms. The molecule has 1 aliphatic carbocycles. The summed E-state index contributed by atoms with van der Waals surface area (Å²) in [6.07, 6.45) is 7.43. The van der Waals surface area contributed by atoms with Crippen LogP contribution in [0.3, 0.4) is 0 Å². The van der Waals surface area contributed by atoms with Crippen LogP contribution in [0, 0.1) is 0 Å². The first-order chi connectivity index (χ1) is 8.72. The highest BCUT2D eigenvalue weighted by Gasteiger charge is 2.19. The van der Waals surface area contributed by atoms with Gasteiger partial charge in [0, 0.05) is 33.0 Å². The molecule has 4 heteroatoms. The van der Waals surface area contributed by atoms with Gasteiger partial charge in [-0.1, -0.05) is 0 Å². The normalized spacial score (nSPS) is 15.7. The molecule has 1 aliphatic rings. The van der Waals surface area contributed by atoms with Gasteiger partial charge >= 0.3 is 0 Å². The van der Waals surface area contributed by atoms with Crippen molar-refractivity contribution in [2.24, 2.45) is 0 Å². The van der Waals surface area contributed by atoms with Gasteiger partial charge in [0.15, 0.2) is 0 Å². The topological polar surface area (TPSA) is 33.1 Å². The highest BCUT2D eigenvalue weighted by molar-refractivity contribution is 9.10. The Bertz CT molecular complexity index is 545. The summed E-state index contributed by atoms with van der Waals surface area (Å²) in [5.74, 6) is 0. The van der Waals surface area contributed by atoms with Crippen LogP contribution in [0.4, 0.5) is 0 Å². The standard InChI is InChI=1S/C14H14BrNOS/c15-11-4-9(7-16-8-11)5-12(17)14-6-10-2-1-3-13(10)18-14/h4,6-8,12,17H,1-3,5H2. The van der Waals surface area contributed by atoms with E-state index in [2.05, 4.69) is 27.0 Å². The number of halogens is 1. The largest absolute Gasteiger partial charge is 0.387 e. The number of aromatic nitrogens is 1. The molecule has 0 spiro atoms. The Morgan fingerprint density at radius 2 is 2.22 bits per heavy atom. The van der Waals surface area contributed by atoms with Crippen molar-refractivity contribution in [2.75, 3.05) is 0 Å². The maximum Gasteiger partial charge on any atom is 0.0922 e. The number of nitrogens with zero attached hydrogens (tertiary/aromatic N) is 1. The molecule has 94 valence electrons. The SMILES string of the molecule is OC(Cc1cncc(Br)c1)c1cc2c(s1)CCC2. The molecule has 2 aromatic heterocycles. The first-order valence-electron chi connectivity index (χ1n) is 6.11. The van der Waals surface area contributed by atoms with Crippen molar-refractivity contribution in [3.05, 3.63) is 49.9 Å².